The van der Waals surface area contributed by atoms with E-state index >= 15 is 0 Å². The SMILES string of the molecule is N#Cc1sc(N2C[C@@H]3CCCN[C@@H]3C2)nc1Cl. The normalized spacial score (nSPS) is 27.9. The van der Waals surface area contributed by atoms with Gasteiger partial charge in [0.05, 0.1) is 0 Å². The van der Waals surface area contributed by atoms with Crippen LogP contribution in [0.15, 0.2) is 0 Å². The maximum atomic E-state index is 8.89. The Kier molecular flexibility index (Phi) is 2.95. The number of piperidine rings is 1. The van der Waals surface area contributed by atoms with E-state index in [4.69, 9.17) is 16.9 Å². The Bertz CT molecular complexity index is 453. The second kappa shape index (κ2) is 4.45. The van der Waals surface area contributed by atoms with E-state index < -0.39 is 0 Å². The molecule has 6 heteroatoms. The van der Waals surface area contributed by atoms with Gasteiger partial charge in [0.1, 0.15) is 10.9 Å². The van der Waals surface area contributed by atoms with Crippen molar-refractivity contribution in [2.24, 2.45) is 5.92 Å². The Labute approximate surface area is 109 Å². The first-order chi connectivity index (χ1) is 8.28. The van der Waals surface area contributed by atoms with Gasteiger partial charge in [-0.2, -0.15) is 5.26 Å². The van der Waals surface area contributed by atoms with Gasteiger partial charge in [0.25, 0.3) is 0 Å². The largest absolute Gasteiger partial charge is 0.346 e. The summed E-state index contributed by atoms with van der Waals surface area (Å²) in [5, 5.41) is 13.7. The van der Waals surface area contributed by atoms with Crippen LogP contribution in [0.3, 0.4) is 0 Å². The van der Waals surface area contributed by atoms with Gasteiger partial charge >= 0.3 is 0 Å². The van der Waals surface area contributed by atoms with Crippen LogP contribution in [0.2, 0.25) is 5.15 Å². The van der Waals surface area contributed by atoms with Gasteiger partial charge in [-0.3, -0.25) is 0 Å². The lowest BCUT2D eigenvalue weighted by Gasteiger charge is -2.24. The standard InChI is InChI=1S/C11H13ClN4S/c12-10-9(4-13)17-11(15-10)16-5-7-2-1-3-14-8(7)6-16/h7-8,14H,1-3,5-6H2/t7-,8+/m0/s1. The van der Waals surface area contributed by atoms with Gasteiger partial charge in [-0.1, -0.05) is 22.9 Å². The molecule has 1 N–H and O–H groups in total. The minimum atomic E-state index is 0.343. The first-order valence-electron chi connectivity index (χ1n) is 5.82. The fourth-order valence-corrected chi connectivity index (χ4v) is 3.76. The average molecular weight is 269 g/mol. The lowest BCUT2D eigenvalue weighted by atomic mass is 9.94. The number of thiazole rings is 1. The molecule has 0 radical (unpaired) electrons. The van der Waals surface area contributed by atoms with Crippen molar-refractivity contribution >= 4 is 28.1 Å². The van der Waals surface area contributed by atoms with E-state index in [1.807, 2.05) is 0 Å². The predicted molar refractivity (Wildman–Crippen MR) is 68.6 cm³/mol. The molecule has 2 aliphatic heterocycles. The fourth-order valence-electron chi connectivity index (χ4n) is 2.70. The third-order valence-corrected chi connectivity index (χ3v) is 4.95. The van der Waals surface area contributed by atoms with E-state index in [0.29, 0.717) is 16.1 Å². The fraction of sp³-hybridized carbons (Fsp3) is 0.636. The number of hydrogen-bond acceptors (Lipinski definition) is 5. The minimum Gasteiger partial charge on any atom is -0.346 e. The van der Waals surface area contributed by atoms with Crippen molar-refractivity contribution in [2.75, 3.05) is 24.5 Å². The van der Waals surface area contributed by atoms with Crippen LogP contribution in [0, 0.1) is 17.2 Å². The van der Waals surface area contributed by atoms with Crippen molar-refractivity contribution in [1.29, 1.82) is 5.26 Å². The predicted octanol–water partition coefficient (Wildman–Crippen LogP) is 1.86. The number of fused-ring (bicyclic) bond motifs is 1. The van der Waals surface area contributed by atoms with Crippen molar-refractivity contribution in [3.8, 4) is 6.07 Å². The lowest BCUT2D eigenvalue weighted by Crippen LogP contribution is -2.40. The van der Waals surface area contributed by atoms with E-state index in [9.17, 15) is 0 Å². The zero-order valence-electron chi connectivity index (χ0n) is 9.32. The van der Waals surface area contributed by atoms with Crippen LogP contribution in [0.4, 0.5) is 5.13 Å². The van der Waals surface area contributed by atoms with E-state index in [-0.39, 0.29) is 0 Å². The number of nitriles is 1. The molecule has 90 valence electrons. The highest BCUT2D eigenvalue weighted by molar-refractivity contribution is 7.16. The van der Waals surface area contributed by atoms with Crippen molar-refractivity contribution < 1.29 is 0 Å². The third kappa shape index (κ3) is 2.01. The molecule has 2 aliphatic rings. The summed E-state index contributed by atoms with van der Waals surface area (Å²) in [4.78, 5) is 7.05. The highest BCUT2D eigenvalue weighted by atomic mass is 35.5. The van der Waals surface area contributed by atoms with Gasteiger partial charge in [0.2, 0.25) is 0 Å². The van der Waals surface area contributed by atoms with Gasteiger partial charge in [-0.25, -0.2) is 4.98 Å². The van der Waals surface area contributed by atoms with Crippen molar-refractivity contribution in [2.45, 2.75) is 18.9 Å². The molecule has 2 atom stereocenters. The number of aromatic nitrogens is 1. The Hall–Kier alpha value is -0.830. The Morgan fingerprint density at radius 2 is 2.41 bits per heavy atom. The summed E-state index contributed by atoms with van der Waals surface area (Å²) in [7, 11) is 0. The van der Waals surface area contributed by atoms with Crippen LogP contribution < -0.4 is 10.2 Å². The van der Waals surface area contributed by atoms with E-state index in [1.165, 1.54) is 24.2 Å². The topological polar surface area (TPSA) is 52.0 Å². The van der Waals surface area contributed by atoms with Gasteiger partial charge in [-0.05, 0) is 25.3 Å². The molecule has 4 nitrogen and oxygen atoms in total. The molecule has 1 aromatic heterocycles. The first-order valence-corrected chi connectivity index (χ1v) is 7.02. The van der Waals surface area contributed by atoms with Crippen LogP contribution in [0.25, 0.3) is 0 Å². The smallest absolute Gasteiger partial charge is 0.188 e. The molecule has 17 heavy (non-hydrogen) atoms. The van der Waals surface area contributed by atoms with Gasteiger partial charge < -0.3 is 10.2 Å². The molecule has 2 fully saturated rings. The maximum Gasteiger partial charge on any atom is 0.188 e. The summed E-state index contributed by atoms with van der Waals surface area (Å²) < 4.78 is 0. The lowest BCUT2D eigenvalue weighted by molar-refractivity contribution is 0.340. The molecule has 0 unspecified atom stereocenters. The molecule has 0 bridgehead atoms. The van der Waals surface area contributed by atoms with E-state index in [1.54, 1.807) is 0 Å². The second-order valence-corrected chi connectivity index (χ2v) is 5.93. The Morgan fingerprint density at radius 1 is 1.53 bits per heavy atom. The monoisotopic (exact) mass is 268 g/mol. The molecule has 3 heterocycles. The minimum absolute atomic E-state index is 0.343. The molecule has 1 aromatic rings. The molecular formula is C11H13ClN4S. The zero-order chi connectivity index (χ0) is 11.8. The molecular weight excluding hydrogens is 256 g/mol. The number of rotatable bonds is 1. The van der Waals surface area contributed by atoms with Crippen molar-refractivity contribution in [3.63, 3.8) is 0 Å². The molecule has 3 rings (SSSR count). The van der Waals surface area contributed by atoms with Crippen LogP contribution in [0.1, 0.15) is 17.7 Å². The number of halogens is 1. The van der Waals surface area contributed by atoms with Gasteiger partial charge in [0, 0.05) is 19.1 Å². The highest BCUT2D eigenvalue weighted by Crippen LogP contribution is 2.34. The number of anilines is 1. The third-order valence-electron chi connectivity index (χ3n) is 3.55. The molecule has 0 spiro atoms. The summed E-state index contributed by atoms with van der Waals surface area (Å²) in [5.74, 6) is 0.719. The highest BCUT2D eigenvalue weighted by Gasteiger charge is 2.35. The summed E-state index contributed by atoms with van der Waals surface area (Å²) in [6, 6.07) is 2.66. The average Bonchev–Trinajstić information content (AvgIpc) is 2.91. The van der Waals surface area contributed by atoms with Gasteiger partial charge in [0.15, 0.2) is 10.3 Å². The van der Waals surface area contributed by atoms with Crippen LogP contribution in [-0.4, -0.2) is 30.7 Å². The Balaban J connectivity index is 1.79. The quantitative estimate of drug-likeness (QED) is 0.845. The van der Waals surface area contributed by atoms with Crippen LogP contribution in [-0.2, 0) is 0 Å². The summed E-state index contributed by atoms with van der Waals surface area (Å²) >= 11 is 7.31. The number of nitrogens with one attached hydrogen (secondary N) is 1. The van der Waals surface area contributed by atoms with E-state index in [2.05, 4.69) is 21.3 Å². The Morgan fingerprint density at radius 3 is 3.12 bits per heavy atom. The summed E-state index contributed by atoms with van der Waals surface area (Å²) in [5.41, 5.74) is 0. The van der Waals surface area contributed by atoms with Crippen molar-refractivity contribution in [1.82, 2.24) is 10.3 Å². The second-order valence-electron chi connectivity index (χ2n) is 4.60. The number of nitrogens with zero attached hydrogens (tertiary/aromatic N) is 3. The maximum absolute atomic E-state index is 8.89. The molecule has 2 saturated heterocycles. The van der Waals surface area contributed by atoms with Crippen molar-refractivity contribution in [3.05, 3.63) is 10.0 Å². The molecule has 0 aliphatic carbocycles. The van der Waals surface area contributed by atoms with Crippen LogP contribution >= 0.6 is 22.9 Å². The zero-order valence-corrected chi connectivity index (χ0v) is 10.9. The summed E-state index contributed by atoms with van der Waals surface area (Å²) in [6.07, 6.45) is 2.55. The molecule has 0 aromatic carbocycles. The van der Waals surface area contributed by atoms with Gasteiger partial charge in [-0.15, -0.1) is 0 Å². The first kappa shape index (κ1) is 11.3. The summed E-state index contributed by atoms with van der Waals surface area (Å²) in [6.45, 7) is 3.14. The van der Waals surface area contributed by atoms with E-state index in [0.717, 1.165) is 30.7 Å². The molecule has 0 saturated carbocycles. The molecule has 0 amide bonds. The van der Waals surface area contributed by atoms with Crippen LogP contribution in [0.5, 0.6) is 0 Å². The number of hydrogen-bond donors (Lipinski definition) is 1.